The Morgan fingerprint density at radius 1 is 1.20 bits per heavy atom. The zero-order valence-electron chi connectivity index (χ0n) is 14.5. The maximum atomic E-state index is 12.4. The number of aryl methyl sites for hydroxylation is 1. The average Bonchev–Trinajstić information content (AvgIpc) is 3.20. The lowest BCUT2D eigenvalue weighted by molar-refractivity contribution is 0.0939. The minimum Gasteiger partial charge on any atom is -0.350 e. The monoisotopic (exact) mass is 353 g/mol. The quantitative estimate of drug-likeness (QED) is 0.740. The molecule has 0 spiro atoms. The third-order valence-electron chi connectivity index (χ3n) is 5.00. The molecule has 4 rings (SSSR count). The van der Waals surface area contributed by atoms with Crippen molar-refractivity contribution < 1.29 is 4.79 Å². The molecule has 5 heteroatoms. The van der Waals surface area contributed by atoms with Crippen LogP contribution in [0.5, 0.6) is 0 Å². The molecule has 1 saturated carbocycles. The zero-order chi connectivity index (χ0) is 17.2. The normalized spacial score (nSPS) is 15.6. The van der Waals surface area contributed by atoms with Gasteiger partial charge in [-0.1, -0.05) is 60.4 Å². The maximum absolute atomic E-state index is 12.4. The molecule has 0 saturated heterocycles. The second kappa shape index (κ2) is 7.00. The number of aromatic nitrogens is 2. The smallest absolute Gasteiger partial charge is 0.271 e. The molecule has 1 amide bonds. The Hall–Kier alpha value is -2.14. The second-order valence-electron chi connectivity index (χ2n) is 6.99. The van der Waals surface area contributed by atoms with Gasteiger partial charge in [0.05, 0.1) is 4.88 Å². The third-order valence-corrected chi connectivity index (χ3v) is 6.05. The van der Waals surface area contributed by atoms with E-state index in [1.807, 2.05) is 10.6 Å². The Labute approximate surface area is 151 Å². The fourth-order valence-corrected chi connectivity index (χ4v) is 4.45. The predicted octanol–water partition coefficient (Wildman–Crippen LogP) is 4.68. The summed E-state index contributed by atoms with van der Waals surface area (Å²) in [6, 6.07) is 8.47. The molecule has 0 unspecified atom stereocenters. The fraction of sp³-hybridized carbons (Fsp3) is 0.400. The highest BCUT2D eigenvalue weighted by Crippen LogP contribution is 2.29. The molecule has 1 aromatic carbocycles. The van der Waals surface area contributed by atoms with Gasteiger partial charge in [-0.05, 0) is 31.2 Å². The maximum Gasteiger partial charge on any atom is 0.271 e. The van der Waals surface area contributed by atoms with E-state index in [4.69, 9.17) is 0 Å². The summed E-state index contributed by atoms with van der Waals surface area (Å²) < 4.78 is 1.95. The summed E-state index contributed by atoms with van der Waals surface area (Å²) in [5, 5.41) is 3.06. The molecular formula is C20H23N3OS. The Morgan fingerprint density at radius 3 is 2.68 bits per heavy atom. The van der Waals surface area contributed by atoms with Crippen molar-refractivity contribution in [1.29, 1.82) is 0 Å². The van der Waals surface area contributed by atoms with Gasteiger partial charge in [-0.15, -0.1) is 0 Å². The molecule has 0 bridgehead atoms. The Bertz CT molecular complexity index is 841. The van der Waals surface area contributed by atoms with Crippen molar-refractivity contribution in [1.82, 2.24) is 14.7 Å². The van der Waals surface area contributed by atoms with Gasteiger partial charge in [-0.2, -0.15) is 0 Å². The highest BCUT2D eigenvalue weighted by molar-refractivity contribution is 7.20. The number of imidazole rings is 1. The van der Waals surface area contributed by atoms with Gasteiger partial charge in [0.15, 0.2) is 4.96 Å². The standard InChI is InChI=1S/C20H23N3OS/c1-14-7-9-16(10-8-14)18-13-23-12-17(22-20(23)25-18)19(24)21-11-15-5-3-2-4-6-15/h7-10,12-13,15H,2-6,11H2,1H3,(H,21,24). The van der Waals surface area contributed by atoms with E-state index < -0.39 is 0 Å². The van der Waals surface area contributed by atoms with Gasteiger partial charge < -0.3 is 5.32 Å². The van der Waals surface area contributed by atoms with E-state index in [1.54, 1.807) is 11.3 Å². The third kappa shape index (κ3) is 3.61. The van der Waals surface area contributed by atoms with E-state index in [0.29, 0.717) is 11.6 Å². The molecule has 25 heavy (non-hydrogen) atoms. The number of carbonyl (C=O) groups is 1. The van der Waals surface area contributed by atoms with E-state index in [-0.39, 0.29) is 5.91 Å². The van der Waals surface area contributed by atoms with E-state index in [9.17, 15) is 4.79 Å². The van der Waals surface area contributed by atoms with Crippen LogP contribution in [0.25, 0.3) is 15.4 Å². The van der Waals surface area contributed by atoms with Gasteiger partial charge in [0.1, 0.15) is 5.69 Å². The lowest BCUT2D eigenvalue weighted by atomic mass is 9.89. The Kier molecular flexibility index (Phi) is 4.57. The van der Waals surface area contributed by atoms with Crippen LogP contribution in [0.2, 0.25) is 0 Å². The van der Waals surface area contributed by atoms with Gasteiger partial charge in [-0.25, -0.2) is 4.98 Å². The van der Waals surface area contributed by atoms with Gasteiger partial charge >= 0.3 is 0 Å². The van der Waals surface area contributed by atoms with Crippen LogP contribution in [0.1, 0.15) is 48.2 Å². The fourth-order valence-electron chi connectivity index (χ4n) is 3.48. The van der Waals surface area contributed by atoms with Crippen LogP contribution in [-0.2, 0) is 0 Å². The molecule has 0 radical (unpaired) electrons. The number of thiazole rings is 1. The average molecular weight is 353 g/mol. The van der Waals surface area contributed by atoms with Crippen molar-refractivity contribution in [2.75, 3.05) is 6.54 Å². The van der Waals surface area contributed by atoms with Crippen molar-refractivity contribution in [2.24, 2.45) is 5.92 Å². The van der Waals surface area contributed by atoms with E-state index in [2.05, 4.69) is 47.7 Å². The van der Waals surface area contributed by atoms with Crippen LogP contribution < -0.4 is 5.32 Å². The van der Waals surface area contributed by atoms with Crippen molar-refractivity contribution >= 4 is 22.2 Å². The summed E-state index contributed by atoms with van der Waals surface area (Å²) in [6.07, 6.45) is 10.3. The molecule has 3 aromatic rings. The molecule has 0 atom stereocenters. The lowest BCUT2D eigenvalue weighted by Gasteiger charge is -2.21. The highest BCUT2D eigenvalue weighted by Gasteiger charge is 2.17. The largest absolute Gasteiger partial charge is 0.350 e. The summed E-state index contributed by atoms with van der Waals surface area (Å²) in [4.78, 5) is 18.9. The molecule has 0 aliphatic heterocycles. The molecular weight excluding hydrogens is 330 g/mol. The van der Waals surface area contributed by atoms with Crippen LogP contribution in [0.4, 0.5) is 0 Å². The van der Waals surface area contributed by atoms with Gasteiger partial charge in [0.25, 0.3) is 5.91 Å². The summed E-state index contributed by atoms with van der Waals surface area (Å²) in [5.74, 6) is 0.577. The van der Waals surface area contributed by atoms with Crippen LogP contribution in [0.3, 0.4) is 0 Å². The number of hydrogen-bond acceptors (Lipinski definition) is 3. The summed E-state index contributed by atoms with van der Waals surface area (Å²) in [5.41, 5.74) is 2.95. The van der Waals surface area contributed by atoms with Crippen LogP contribution in [0, 0.1) is 12.8 Å². The van der Waals surface area contributed by atoms with Crippen molar-refractivity contribution in [3.05, 3.63) is 47.9 Å². The molecule has 1 aliphatic rings. The lowest BCUT2D eigenvalue weighted by Crippen LogP contribution is -2.30. The van der Waals surface area contributed by atoms with E-state index in [1.165, 1.54) is 43.2 Å². The SMILES string of the molecule is Cc1ccc(-c2cn3cc(C(=O)NCC4CCCCC4)nc3s2)cc1. The van der Waals surface area contributed by atoms with Gasteiger partial charge in [0.2, 0.25) is 0 Å². The first-order valence-electron chi connectivity index (χ1n) is 9.03. The van der Waals surface area contributed by atoms with Crippen molar-refractivity contribution in [3.8, 4) is 10.4 Å². The first kappa shape index (κ1) is 16.3. The Balaban J connectivity index is 1.45. The molecule has 4 nitrogen and oxygen atoms in total. The van der Waals surface area contributed by atoms with Crippen molar-refractivity contribution in [2.45, 2.75) is 39.0 Å². The second-order valence-corrected chi connectivity index (χ2v) is 8.00. The summed E-state index contributed by atoms with van der Waals surface area (Å²) in [7, 11) is 0. The number of nitrogens with zero attached hydrogens (tertiary/aromatic N) is 2. The van der Waals surface area contributed by atoms with Crippen LogP contribution >= 0.6 is 11.3 Å². The van der Waals surface area contributed by atoms with Crippen LogP contribution in [-0.4, -0.2) is 21.8 Å². The first-order chi connectivity index (χ1) is 12.2. The minimum atomic E-state index is -0.0571. The first-order valence-corrected chi connectivity index (χ1v) is 9.84. The van der Waals surface area contributed by atoms with E-state index >= 15 is 0 Å². The number of amides is 1. The highest BCUT2D eigenvalue weighted by atomic mass is 32.1. The predicted molar refractivity (Wildman–Crippen MR) is 102 cm³/mol. The zero-order valence-corrected chi connectivity index (χ0v) is 15.3. The minimum absolute atomic E-state index is 0.0571. The Morgan fingerprint density at radius 2 is 1.96 bits per heavy atom. The number of fused-ring (bicyclic) bond motifs is 1. The molecule has 130 valence electrons. The number of nitrogens with one attached hydrogen (secondary N) is 1. The molecule has 1 N–H and O–H groups in total. The summed E-state index contributed by atoms with van der Waals surface area (Å²) >= 11 is 1.61. The van der Waals surface area contributed by atoms with Crippen LogP contribution in [0.15, 0.2) is 36.7 Å². The van der Waals surface area contributed by atoms with Crippen molar-refractivity contribution in [3.63, 3.8) is 0 Å². The van der Waals surface area contributed by atoms with E-state index in [0.717, 1.165) is 16.4 Å². The van der Waals surface area contributed by atoms with Gasteiger partial charge in [0, 0.05) is 18.9 Å². The molecule has 1 fully saturated rings. The molecule has 2 aromatic heterocycles. The number of hydrogen-bond donors (Lipinski definition) is 1. The molecule has 2 heterocycles. The van der Waals surface area contributed by atoms with Gasteiger partial charge in [-0.3, -0.25) is 9.20 Å². The number of rotatable bonds is 4. The number of benzene rings is 1. The molecule has 1 aliphatic carbocycles. The number of carbonyl (C=O) groups excluding carboxylic acids is 1. The topological polar surface area (TPSA) is 46.4 Å². The summed E-state index contributed by atoms with van der Waals surface area (Å²) in [6.45, 7) is 2.86.